The van der Waals surface area contributed by atoms with E-state index in [4.69, 9.17) is 9.57 Å². The molecule has 6 heteroatoms. The summed E-state index contributed by atoms with van der Waals surface area (Å²) in [7, 11) is 0. The Bertz CT molecular complexity index is 667. The summed E-state index contributed by atoms with van der Waals surface area (Å²) < 4.78 is 5.09. The summed E-state index contributed by atoms with van der Waals surface area (Å²) in [5.74, 6) is 0. The number of carbonyl (C=O) groups is 1. The van der Waals surface area contributed by atoms with Gasteiger partial charge < -0.3 is 9.84 Å². The first-order chi connectivity index (χ1) is 11.7. The first-order valence-corrected chi connectivity index (χ1v) is 8.59. The predicted octanol–water partition coefficient (Wildman–Crippen LogP) is 3.61. The number of cyclic esters (lactones) is 1. The molecular formula is C18H18BrNO4. The van der Waals surface area contributed by atoms with Crippen LogP contribution in [0.15, 0.2) is 60.7 Å². The van der Waals surface area contributed by atoms with Gasteiger partial charge in [0.15, 0.2) is 0 Å². The van der Waals surface area contributed by atoms with Gasteiger partial charge in [0.05, 0.1) is 17.5 Å². The van der Waals surface area contributed by atoms with Crippen LogP contribution in [0.2, 0.25) is 0 Å². The summed E-state index contributed by atoms with van der Waals surface area (Å²) in [5.41, 5.74) is 1.73. The number of nitrogens with zero attached hydrogens (tertiary/aromatic N) is 1. The molecule has 0 unspecified atom stereocenters. The minimum Gasteiger partial charge on any atom is -0.445 e. The van der Waals surface area contributed by atoms with E-state index in [2.05, 4.69) is 15.9 Å². The topological polar surface area (TPSA) is 59.0 Å². The van der Waals surface area contributed by atoms with Crippen molar-refractivity contribution >= 4 is 22.0 Å². The molecule has 0 saturated carbocycles. The number of aliphatic hydroxyl groups excluding tert-OH is 1. The van der Waals surface area contributed by atoms with Crippen LogP contribution < -0.4 is 0 Å². The summed E-state index contributed by atoms with van der Waals surface area (Å²) in [4.78, 5) is 17.2. The molecular weight excluding hydrogens is 374 g/mol. The van der Waals surface area contributed by atoms with Gasteiger partial charge in [-0.1, -0.05) is 76.6 Å². The fourth-order valence-corrected chi connectivity index (χ4v) is 2.98. The van der Waals surface area contributed by atoms with Gasteiger partial charge in [-0.2, -0.15) is 5.06 Å². The lowest BCUT2D eigenvalue weighted by Crippen LogP contribution is -2.31. The zero-order valence-corrected chi connectivity index (χ0v) is 14.5. The fourth-order valence-electron chi connectivity index (χ4n) is 2.56. The molecule has 1 saturated heterocycles. The Morgan fingerprint density at radius 1 is 1.17 bits per heavy atom. The average molecular weight is 392 g/mol. The summed E-state index contributed by atoms with van der Waals surface area (Å²) >= 11 is 3.43. The third-order valence-electron chi connectivity index (χ3n) is 3.87. The second kappa shape index (κ2) is 7.79. The molecule has 0 aromatic heterocycles. The fraction of sp³-hybridized carbons (Fsp3) is 0.278. The minimum absolute atomic E-state index is 0.133. The summed E-state index contributed by atoms with van der Waals surface area (Å²) in [5, 5.41) is 11.6. The highest BCUT2D eigenvalue weighted by atomic mass is 79.9. The predicted molar refractivity (Wildman–Crippen MR) is 92.4 cm³/mol. The van der Waals surface area contributed by atoms with E-state index in [1.54, 1.807) is 0 Å². The number of halogens is 1. The molecule has 2 aromatic carbocycles. The number of rotatable bonds is 6. The van der Waals surface area contributed by atoms with E-state index in [1.165, 1.54) is 5.06 Å². The summed E-state index contributed by atoms with van der Waals surface area (Å²) in [6.07, 6.45) is -1.25. The van der Waals surface area contributed by atoms with Gasteiger partial charge in [0.2, 0.25) is 0 Å². The van der Waals surface area contributed by atoms with Gasteiger partial charge >= 0.3 is 6.09 Å². The van der Waals surface area contributed by atoms with E-state index in [0.29, 0.717) is 0 Å². The van der Waals surface area contributed by atoms with E-state index in [1.807, 2.05) is 60.7 Å². The molecule has 1 aliphatic heterocycles. The average Bonchev–Trinajstić information content (AvgIpc) is 3.01. The van der Waals surface area contributed by atoms with Crippen molar-refractivity contribution < 1.29 is 19.5 Å². The van der Waals surface area contributed by atoms with Crippen LogP contribution in [0, 0.1) is 0 Å². The maximum Gasteiger partial charge on any atom is 0.434 e. The van der Waals surface area contributed by atoms with Crippen molar-refractivity contribution in [1.82, 2.24) is 5.06 Å². The second-order valence-electron chi connectivity index (χ2n) is 5.50. The van der Waals surface area contributed by atoms with Crippen LogP contribution in [0.3, 0.4) is 0 Å². The van der Waals surface area contributed by atoms with Gasteiger partial charge in [0.25, 0.3) is 0 Å². The molecule has 1 fully saturated rings. The Kier molecular flexibility index (Phi) is 5.50. The molecule has 3 rings (SSSR count). The number of benzene rings is 2. The highest BCUT2D eigenvalue weighted by molar-refractivity contribution is 9.09. The number of hydroxylamine groups is 2. The Hall–Kier alpha value is -1.89. The number of carbonyl (C=O) groups excluding carboxylic acids is 1. The van der Waals surface area contributed by atoms with Crippen molar-refractivity contribution in [3.63, 3.8) is 0 Å². The second-order valence-corrected chi connectivity index (χ2v) is 6.67. The molecule has 1 amide bonds. The lowest BCUT2D eigenvalue weighted by Gasteiger charge is -2.24. The van der Waals surface area contributed by atoms with E-state index >= 15 is 0 Å². The third kappa shape index (κ3) is 3.77. The number of aliphatic hydroxyl groups is 1. The summed E-state index contributed by atoms with van der Waals surface area (Å²) in [6.45, 7) is 0.380. The summed E-state index contributed by atoms with van der Waals surface area (Å²) in [6, 6.07) is 18.6. The van der Waals surface area contributed by atoms with Crippen LogP contribution in [0.4, 0.5) is 4.79 Å². The lowest BCUT2D eigenvalue weighted by atomic mass is 10.1. The third-order valence-corrected chi connectivity index (χ3v) is 4.63. The van der Waals surface area contributed by atoms with Crippen molar-refractivity contribution in [2.75, 3.05) is 13.2 Å². The normalized spacial score (nSPS) is 19.8. The van der Waals surface area contributed by atoms with Crippen molar-refractivity contribution in [2.45, 2.75) is 17.0 Å². The molecule has 0 bridgehead atoms. The van der Waals surface area contributed by atoms with Crippen molar-refractivity contribution in [2.24, 2.45) is 0 Å². The highest BCUT2D eigenvalue weighted by Gasteiger charge is 2.36. The van der Waals surface area contributed by atoms with Gasteiger partial charge in [-0.05, 0) is 11.1 Å². The molecule has 1 aliphatic rings. The maximum absolute atomic E-state index is 11.9. The molecule has 1 N–H and O–H groups in total. The number of hydrogen-bond donors (Lipinski definition) is 1. The van der Waals surface area contributed by atoms with Crippen LogP contribution >= 0.6 is 15.9 Å². The smallest absolute Gasteiger partial charge is 0.434 e. The van der Waals surface area contributed by atoms with Crippen molar-refractivity contribution in [3.05, 3.63) is 71.8 Å². The number of hydrogen-bond acceptors (Lipinski definition) is 4. The zero-order valence-electron chi connectivity index (χ0n) is 12.9. The molecule has 2 aromatic rings. The monoisotopic (exact) mass is 391 g/mol. The molecule has 0 radical (unpaired) electrons. The standard InChI is InChI=1S/C18H18BrNO4/c19-15(17(21)14-9-5-2-6-10-14)11-24-20-16(12-23-18(20)22)13-7-3-1-4-8-13/h1-10,15-17,21H,11-12H2/t15-,16-,17+/m1/s1. The van der Waals surface area contributed by atoms with Crippen LogP contribution in [-0.2, 0) is 9.57 Å². The minimum atomic E-state index is -0.736. The molecule has 3 atom stereocenters. The number of alkyl halides is 1. The molecule has 24 heavy (non-hydrogen) atoms. The number of ether oxygens (including phenoxy) is 1. The molecule has 1 heterocycles. The largest absolute Gasteiger partial charge is 0.445 e. The van der Waals surface area contributed by atoms with Gasteiger partial charge in [0.1, 0.15) is 12.6 Å². The van der Waals surface area contributed by atoms with Gasteiger partial charge in [-0.15, -0.1) is 0 Å². The molecule has 126 valence electrons. The Labute approximate surface area is 148 Å². The Morgan fingerprint density at radius 2 is 1.79 bits per heavy atom. The first-order valence-electron chi connectivity index (χ1n) is 7.67. The zero-order chi connectivity index (χ0) is 16.9. The van der Waals surface area contributed by atoms with Crippen LogP contribution in [-0.4, -0.2) is 34.3 Å². The van der Waals surface area contributed by atoms with E-state index in [9.17, 15) is 9.90 Å². The lowest BCUT2D eigenvalue weighted by molar-refractivity contribution is -0.136. The van der Waals surface area contributed by atoms with Gasteiger partial charge in [-0.3, -0.25) is 4.84 Å². The van der Waals surface area contributed by atoms with Crippen LogP contribution in [0.1, 0.15) is 23.3 Å². The maximum atomic E-state index is 11.9. The molecule has 0 aliphatic carbocycles. The van der Waals surface area contributed by atoms with Gasteiger partial charge in [0, 0.05) is 0 Å². The van der Waals surface area contributed by atoms with E-state index < -0.39 is 12.2 Å². The van der Waals surface area contributed by atoms with Crippen LogP contribution in [0.5, 0.6) is 0 Å². The first kappa shape index (κ1) is 17.0. The van der Waals surface area contributed by atoms with Crippen LogP contribution in [0.25, 0.3) is 0 Å². The van der Waals surface area contributed by atoms with Crippen molar-refractivity contribution in [3.8, 4) is 0 Å². The highest BCUT2D eigenvalue weighted by Crippen LogP contribution is 2.29. The molecule has 5 nitrogen and oxygen atoms in total. The van der Waals surface area contributed by atoms with E-state index in [-0.39, 0.29) is 24.1 Å². The quantitative estimate of drug-likeness (QED) is 0.764. The van der Waals surface area contributed by atoms with E-state index in [0.717, 1.165) is 11.1 Å². The van der Waals surface area contributed by atoms with Gasteiger partial charge in [-0.25, -0.2) is 4.79 Å². The Balaban J connectivity index is 1.63. The Morgan fingerprint density at radius 3 is 2.46 bits per heavy atom. The van der Waals surface area contributed by atoms with Crippen molar-refractivity contribution in [1.29, 1.82) is 0 Å². The number of amides is 1. The molecule has 0 spiro atoms. The SMILES string of the molecule is O=C1OC[C@H](c2ccccc2)N1OC[C@@H](Br)[C@@H](O)c1ccccc1.